The monoisotopic (exact) mass is 822 g/mol. The molecular weight excluding hydrogens is 761 g/mol. The average molecular weight is 824 g/mol. The second-order valence-corrected chi connectivity index (χ2v) is 15.6. The maximum Gasteiger partial charge on any atom is 0.238 e. The molecule has 4 heterocycles. The van der Waals surface area contributed by atoms with Crippen LogP contribution in [0.5, 0.6) is 0 Å². The molecule has 4 fully saturated rings. The number of rotatable bonds is 14. The summed E-state index contributed by atoms with van der Waals surface area (Å²) in [6.45, 7) is 8.89. The van der Waals surface area contributed by atoms with Gasteiger partial charge in [-0.05, 0) is 152 Å². The average Bonchev–Trinajstić information content (AvgIpc) is 3.19. The molecule has 2 aromatic rings. The van der Waals surface area contributed by atoms with Crippen molar-refractivity contribution >= 4 is 48.2 Å². The van der Waals surface area contributed by atoms with Crippen molar-refractivity contribution in [3.05, 3.63) is 71.3 Å². The topological polar surface area (TPSA) is 133 Å². The maximum absolute atomic E-state index is 12.9. The first-order valence-electron chi connectivity index (χ1n) is 20.1. The lowest BCUT2D eigenvalue weighted by molar-refractivity contribution is -0.135. The molecule has 0 aromatic heterocycles. The molecule has 4 aliphatic heterocycles. The molecule has 10 nitrogen and oxygen atoms in total. The van der Waals surface area contributed by atoms with Crippen LogP contribution in [0.2, 0.25) is 0 Å². The van der Waals surface area contributed by atoms with E-state index in [1.54, 1.807) is 24.3 Å². The second kappa shape index (κ2) is 22.8. The molecule has 0 bridgehead atoms. The molecule has 2 amide bonds. The van der Waals surface area contributed by atoms with E-state index in [0.717, 1.165) is 130 Å². The van der Waals surface area contributed by atoms with E-state index in [0.29, 0.717) is 24.0 Å². The maximum atomic E-state index is 12.9. The van der Waals surface area contributed by atoms with E-state index in [-0.39, 0.29) is 59.8 Å². The van der Waals surface area contributed by atoms with Gasteiger partial charge in [0.1, 0.15) is 22.7 Å². The molecule has 4 aliphatic rings. The molecule has 0 radical (unpaired) electrons. The fourth-order valence-corrected chi connectivity index (χ4v) is 8.86. The lowest BCUT2D eigenvalue weighted by Crippen LogP contribution is -2.63. The van der Waals surface area contributed by atoms with E-state index < -0.39 is 11.1 Å². The third kappa shape index (κ3) is 12.5. The smallest absolute Gasteiger partial charge is 0.238 e. The molecule has 4 saturated heterocycles. The van der Waals surface area contributed by atoms with Crippen molar-refractivity contribution in [1.29, 1.82) is 0 Å². The summed E-state index contributed by atoms with van der Waals surface area (Å²) in [5, 5.41) is 0. The highest BCUT2D eigenvalue weighted by molar-refractivity contribution is 5.96. The summed E-state index contributed by atoms with van der Waals surface area (Å²) in [5.74, 6) is -0.928. The third-order valence-corrected chi connectivity index (χ3v) is 12.3. The molecule has 6 rings (SSSR count). The fourth-order valence-electron chi connectivity index (χ4n) is 8.86. The summed E-state index contributed by atoms with van der Waals surface area (Å²) >= 11 is 0. The number of hydrogen-bond acceptors (Lipinski definition) is 8. The van der Waals surface area contributed by atoms with Gasteiger partial charge in [-0.25, -0.2) is 8.78 Å². The van der Waals surface area contributed by atoms with Crippen molar-refractivity contribution < 1.29 is 28.0 Å². The third-order valence-electron chi connectivity index (χ3n) is 12.3. The quantitative estimate of drug-likeness (QED) is 0.221. The minimum absolute atomic E-state index is 0. The van der Waals surface area contributed by atoms with Gasteiger partial charge >= 0.3 is 0 Å². The van der Waals surface area contributed by atoms with E-state index in [4.69, 9.17) is 11.5 Å². The number of nitrogens with two attached hydrogens (primary N) is 2. The number of Topliss-reactive ketones (excluding diaryl/α,β-unsaturated/α-hetero) is 2. The molecule has 56 heavy (non-hydrogen) atoms. The molecule has 312 valence electrons. The highest BCUT2D eigenvalue weighted by atomic mass is 35.5. The number of ketones is 2. The van der Waals surface area contributed by atoms with Crippen LogP contribution in [-0.2, 0) is 9.59 Å². The van der Waals surface area contributed by atoms with Gasteiger partial charge in [-0.2, -0.15) is 0 Å². The standard InChI is InChI=1S/2C21H30FN3O2.2ClH/c2*22-18-8-6-17(7-9-18)19(26)5-4-12-24-15-10-21(11-16-24,20(23)27)25-13-2-1-3-14-25;;/h2*6-9H,1-5,10-16H2,(H2,23,27);2*1H. The van der Waals surface area contributed by atoms with Gasteiger partial charge in [-0.3, -0.25) is 29.0 Å². The van der Waals surface area contributed by atoms with Crippen LogP contribution in [0.15, 0.2) is 48.5 Å². The Kier molecular flexibility index (Phi) is 19.3. The highest BCUT2D eigenvalue weighted by Crippen LogP contribution is 2.33. The van der Waals surface area contributed by atoms with Gasteiger partial charge in [0, 0.05) is 50.1 Å². The highest BCUT2D eigenvalue weighted by Gasteiger charge is 2.46. The first-order chi connectivity index (χ1) is 26.0. The Balaban J connectivity index is 0.000000290. The summed E-state index contributed by atoms with van der Waals surface area (Å²) in [6.07, 6.45) is 12.6. The van der Waals surface area contributed by atoms with Crippen LogP contribution in [0, 0.1) is 11.6 Å². The van der Waals surface area contributed by atoms with Crippen molar-refractivity contribution in [2.45, 2.75) is 101 Å². The number of likely N-dealkylation sites (tertiary alicyclic amines) is 4. The largest absolute Gasteiger partial charge is 0.368 e. The van der Waals surface area contributed by atoms with Crippen LogP contribution in [0.3, 0.4) is 0 Å². The SMILES string of the molecule is Cl.Cl.NC(=O)C1(N2CCCCC2)CCN(CCCC(=O)c2ccc(F)cc2)CC1.NC(=O)C1(N2CCCCC2)CCN(CCCC(=O)c2ccc(F)cc2)CC1. The number of carbonyl (C=O) groups is 4. The Morgan fingerprint density at radius 2 is 0.804 bits per heavy atom. The van der Waals surface area contributed by atoms with Gasteiger partial charge in [0.25, 0.3) is 0 Å². The van der Waals surface area contributed by atoms with Crippen LogP contribution < -0.4 is 11.5 Å². The molecule has 0 atom stereocenters. The zero-order valence-electron chi connectivity index (χ0n) is 32.7. The van der Waals surface area contributed by atoms with Gasteiger partial charge in [0.05, 0.1) is 0 Å². The van der Waals surface area contributed by atoms with Gasteiger partial charge < -0.3 is 21.3 Å². The second-order valence-electron chi connectivity index (χ2n) is 15.6. The minimum atomic E-state index is -0.485. The number of halogens is 4. The first kappa shape index (κ1) is 47.4. The van der Waals surface area contributed by atoms with Gasteiger partial charge in [0.2, 0.25) is 11.8 Å². The lowest BCUT2D eigenvalue weighted by atomic mass is 9.83. The predicted molar refractivity (Wildman–Crippen MR) is 220 cm³/mol. The number of piperidine rings is 4. The summed E-state index contributed by atoms with van der Waals surface area (Å²) < 4.78 is 25.9. The normalized spacial score (nSPS) is 20.3. The Morgan fingerprint density at radius 3 is 1.09 bits per heavy atom. The summed E-state index contributed by atoms with van der Waals surface area (Å²) in [4.78, 5) is 58.2. The molecular formula is C42H62Cl2F2N6O4. The zero-order chi connectivity index (χ0) is 38.6. The zero-order valence-corrected chi connectivity index (χ0v) is 34.4. The number of primary amides is 2. The number of amides is 2. The van der Waals surface area contributed by atoms with Crippen LogP contribution >= 0.6 is 24.8 Å². The number of nitrogens with zero attached hydrogens (tertiary/aromatic N) is 4. The molecule has 0 aliphatic carbocycles. The van der Waals surface area contributed by atoms with Crippen molar-refractivity contribution in [3.8, 4) is 0 Å². The van der Waals surface area contributed by atoms with Crippen molar-refractivity contribution in [2.75, 3.05) is 65.4 Å². The van der Waals surface area contributed by atoms with Crippen LogP contribution in [0.25, 0.3) is 0 Å². The van der Waals surface area contributed by atoms with E-state index in [1.807, 2.05) is 0 Å². The Hall–Kier alpha value is -3.00. The molecule has 0 spiro atoms. The molecule has 0 saturated carbocycles. The Morgan fingerprint density at radius 1 is 0.500 bits per heavy atom. The van der Waals surface area contributed by atoms with Crippen molar-refractivity contribution in [3.63, 3.8) is 0 Å². The summed E-state index contributed by atoms with van der Waals surface area (Å²) in [7, 11) is 0. The van der Waals surface area contributed by atoms with Gasteiger partial charge in [-0.1, -0.05) is 12.8 Å². The minimum Gasteiger partial charge on any atom is -0.368 e. The van der Waals surface area contributed by atoms with Crippen molar-refractivity contribution in [1.82, 2.24) is 19.6 Å². The number of benzene rings is 2. The van der Waals surface area contributed by atoms with Crippen LogP contribution in [0.4, 0.5) is 8.78 Å². The summed E-state index contributed by atoms with van der Waals surface area (Å²) in [6, 6.07) is 11.4. The lowest BCUT2D eigenvalue weighted by Gasteiger charge is -2.48. The van der Waals surface area contributed by atoms with Crippen LogP contribution in [0.1, 0.15) is 111 Å². The number of hydrogen-bond donors (Lipinski definition) is 2. The Labute approximate surface area is 343 Å². The van der Waals surface area contributed by atoms with E-state index in [2.05, 4.69) is 19.6 Å². The van der Waals surface area contributed by atoms with E-state index in [1.165, 1.54) is 37.1 Å². The molecule has 0 unspecified atom stereocenters. The van der Waals surface area contributed by atoms with Crippen molar-refractivity contribution in [2.24, 2.45) is 11.5 Å². The number of carbonyl (C=O) groups excluding carboxylic acids is 4. The predicted octanol–water partition coefficient (Wildman–Crippen LogP) is 6.03. The van der Waals surface area contributed by atoms with E-state index in [9.17, 15) is 28.0 Å². The first-order valence-corrected chi connectivity index (χ1v) is 20.1. The van der Waals surface area contributed by atoms with Gasteiger partial charge in [0.15, 0.2) is 11.6 Å². The summed E-state index contributed by atoms with van der Waals surface area (Å²) in [5.41, 5.74) is 11.8. The van der Waals surface area contributed by atoms with E-state index >= 15 is 0 Å². The Bertz CT molecular complexity index is 1420. The molecule has 14 heteroatoms. The fraction of sp³-hybridized carbons (Fsp3) is 0.619. The van der Waals surface area contributed by atoms with Gasteiger partial charge in [-0.15, -0.1) is 24.8 Å². The van der Waals surface area contributed by atoms with Crippen LogP contribution in [-0.4, -0.2) is 120 Å². The molecule has 4 N–H and O–H groups in total. The molecule has 2 aromatic carbocycles.